The third-order valence-electron chi connectivity index (χ3n) is 5.68. The summed E-state index contributed by atoms with van der Waals surface area (Å²) >= 11 is 1.80. The molecule has 0 aliphatic carbocycles. The van der Waals surface area contributed by atoms with Gasteiger partial charge in [-0.15, -0.1) is 0 Å². The van der Waals surface area contributed by atoms with E-state index in [0.29, 0.717) is 11.6 Å². The smallest absolute Gasteiger partial charge is 0.270 e. The van der Waals surface area contributed by atoms with Gasteiger partial charge in [0, 0.05) is 42.0 Å². The Bertz CT molecular complexity index is 953. The van der Waals surface area contributed by atoms with Crippen molar-refractivity contribution >= 4 is 28.8 Å². The van der Waals surface area contributed by atoms with Crippen molar-refractivity contribution in [2.75, 3.05) is 33.3 Å². The first-order valence-electron chi connectivity index (χ1n) is 10.6. The Morgan fingerprint density at radius 1 is 1.23 bits per heavy atom. The molecule has 1 N–H and O–H groups in total. The fraction of sp³-hybridized carbons (Fsp3) is 0.375. The monoisotopic (exact) mass is 423 g/mol. The molecule has 0 saturated carbocycles. The molecule has 1 fully saturated rings. The molecule has 1 unspecified atom stereocenters. The predicted molar refractivity (Wildman–Crippen MR) is 123 cm³/mol. The fourth-order valence-electron chi connectivity index (χ4n) is 4.07. The maximum absolute atomic E-state index is 13.1. The second-order valence-electron chi connectivity index (χ2n) is 7.78. The number of benzene rings is 2. The molecule has 1 aliphatic rings. The summed E-state index contributed by atoms with van der Waals surface area (Å²) in [5.41, 5.74) is 1.69. The van der Waals surface area contributed by atoms with Crippen molar-refractivity contribution in [1.82, 2.24) is 14.2 Å². The molecule has 1 amide bonds. The van der Waals surface area contributed by atoms with E-state index in [9.17, 15) is 4.79 Å². The van der Waals surface area contributed by atoms with Crippen LogP contribution in [0.2, 0.25) is 0 Å². The molecule has 158 valence electrons. The number of carbonyl (C=O) groups is 1. The van der Waals surface area contributed by atoms with Crippen LogP contribution in [0.4, 0.5) is 0 Å². The second-order valence-corrected chi connectivity index (χ2v) is 8.95. The molecule has 4 rings (SSSR count). The van der Waals surface area contributed by atoms with E-state index in [1.807, 2.05) is 47.4 Å². The maximum atomic E-state index is 13.1. The average Bonchev–Trinajstić information content (AvgIpc) is 3.22. The van der Waals surface area contributed by atoms with E-state index >= 15 is 0 Å². The number of fused-ring (bicyclic) bond motifs is 1. The molecule has 3 aromatic rings. The molecular weight excluding hydrogens is 394 g/mol. The number of amides is 1. The first kappa shape index (κ1) is 20.8. The Hall–Kier alpha value is -2.44. The van der Waals surface area contributed by atoms with E-state index in [4.69, 9.17) is 4.74 Å². The van der Waals surface area contributed by atoms with Crippen molar-refractivity contribution < 1.29 is 9.53 Å². The van der Waals surface area contributed by atoms with Crippen LogP contribution in [0.5, 0.6) is 5.75 Å². The molecule has 6 heteroatoms. The summed E-state index contributed by atoms with van der Waals surface area (Å²) in [6.07, 6.45) is 2.32. The highest BCUT2D eigenvalue weighted by molar-refractivity contribution is 7.97. The number of para-hydroxylation sites is 1. The van der Waals surface area contributed by atoms with E-state index in [0.717, 1.165) is 55.7 Å². The van der Waals surface area contributed by atoms with Gasteiger partial charge in [0.2, 0.25) is 0 Å². The molecule has 1 aromatic heterocycles. The summed E-state index contributed by atoms with van der Waals surface area (Å²) in [4.78, 5) is 19.6. The number of rotatable bonds is 7. The van der Waals surface area contributed by atoms with Crippen molar-refractivity contribution in [3.8, 4) is 5.75 Å². The van der Waals surface area contributed by atoms with Gasteiger partial charge in [0.25, 0.3) is 5.91 Å². The molecule has 1 aliphatic heterocycles. The Morgan fingerprint density at radius 2 is 2.03 bits per heavy atom. The van der Waals surface area contributed by atoms with Crippen LogP contribution < -0.4 is 4.74 Å². The third kappa shape index (κ3) is 4.82. The van der Waals surface area contributed by atoms with Gasteiger partial charge in [-0.05, 0) is 74.0 Å². The number of aromatic amines is 1. The number of carbonyl (C=O) groups excluding carboxylic acids is 1. The maximum Gasteiger partial charge on any atom is 0.270 e. The lowest BCUT2D eigenvalue weighted by Crippen LogP contribution is -2.41. The number of hydrogen-bond donors (Lipinski definition) is 1. The van der Waals surface area contributed by atoms with E-state index in [2.05, 4.69) is 28.3 Å². The minimum absolute atomic E-state index is 0.0913. The number of nitrogens with zero attached hydrogens (tertiary/aromatic N) is 2. The van der Waals surface area contributed by atoms with Gasteiger partial charge in [0.05, 0.1) is 7.11 Å². The number of nitrogens with one attached hydrogen (secondary N) is 1. The van der Waals surface area contributed by atoms with Gasteiger partial charge in [-0.25, -0.2) is 4.31 Å². The molecule has 2 aromatic carbocycles. The summed E-state index contributed by atoms with van der Waals surface area (Å²) in [6, 6.07) is 18.2. The van der Waals surface area contributed by atoms with Crippen molar-refractivity contribution in [3.05, 3.63) is 60.3 Å². The molecule has 1 saturated heterocycles. The van der Waals surface area contributed by atoms with Crippen molar-refractivity contribution in [1.29, 1.82) is 0 Å². The Kier molecular flexibility index (Phi) is 6.65. The number of H-pyrrole nitrogens is 1. The third-order valence-corrected chi connectivity index (χ3v) is 6.76. The first-order valence-corrected chi connectivity index (χ1v) is 11.4. The van der Waals surface area contributed by atoms with Gasteiger partial charge in [-0.3, -0.25) is 4.79 Å². The lowest BCUT2D eigenvalue weighted by Gasteiger charge is -2.34. The SMILES string of the molecule is CCN(CC1CCCN(Sc2ccc(OC)cc2)C1)C(=O)c1cc2ccccc2[nH]1. The summed E-state index contributed by atoms with van der Waals surface area (Å²) in [6.45, 7) is 5.65. The second kappa shape index (κ2) is 9.58. The molecule has 0 bridgehead atoms. The van der Waals surface area contributed by atoms with Crippen LogP contribution in [-0.2, 0) is 0 Å². The quantitative estimate of drug-likeness (QED) is 0.540. The fourth-order valence-corrected chi connectivity index (χ4v) is 5.13. The summed E-state index contributed by atoms with van der Waals surface area (Å²) in [5, 5.41) is 1.08. The first-order chi connectivity index (χ1) is 14.7. The number of aromatic nitrogens is 1. The highest BCUT2D eigenvalue weighted by Gasteiger charge is 2.25. The normalized spacial score (nSPS) is 17.2. The van der Waals surface area contributed by atoms with Gasteiger partial charge >= 0.3 is 0 Å². The van der Waals surface area contributed by atoms with Crippen LogP contribution in [-0.4, -0.2) is 53.4 Å². The molecule has 30 heavy (non-hydrogen) atoms. The largest absolute Gasteiger partial charge is 0.497 e. The van der Waals surface area contributed by atoms with Gasteiger partial charge < -0.3 is 14.6 Å². The average molecular weight is 424 g/mol. The highest BCUT2D eigenvalue weighted by Crippen LogP contribution is 2.30. The van der Waals surface area contributed by atoms with Gasteiger partial charge in [-0.2, -0.15) is 0 Å². The van der Waals surface area contributed by atoms with Crippen molar-refractivity contribution in [3.63, 3.8) is 0 Å². The standard InChI is InChI=1S/C24H29N3O2S/c1-3-26(24(28)23-15-19-8-4-5-9-22(19)25-23)16-18-7-6-14-27(17-18)30-21-12-10-20(29-2)11-13-21/h4-5,8-13,15,18,25H,3,6-7,14,16-17H2,1-2H3. The van der Waals surface area contributed by atoms with Crippen LogP contribution in [0.25, 0.3) is 10.9 Å². The summed E-state index contributed by atoms with van der Waals surface area (Å²) < 4.78 is 7.68. The van der Waals surface area contributed by atoms with E-state index in [1.54, 1.807) is 19.1 Å². The molecule has 1 atom stereocenters. The van der Waals surface area contributed by atoms with E-state index < -0.39 is 0 Å². The molecule has 5 nitrogen and oxygen atoms in total. The minimum Gasteiger partial charge on any atom is -0.497 e. The molecule has 0 spiro atoms. The Morgan fingerprint density at radius 3 is 2.77 bits per heavy atom. The summed E-state index contributed by atoms with van der Waals surface area (Å²) in [7, 11) is 1.69. The van der Waals surface area contributed by atoms with Gasteiger partial charge in [0.15, 0.2) is 0 Å². The highest BCUT2D eigenvalue weighted by atomic mass is 32.2. The zero-order valence-corrected chi connectivity index (χ0v) is 18.5. The van der Waals surface area contributed by atoms with Gasteiger partial charge in [0.1, 0.15) is 11.4 Å². The van der Waals surface area contributed by atoms with Gasteiger partial charge in [-0.1, -0.05) is 18.2 Å². The zero-order chi connectivity index (χ0) is 20.9. The van der Waals surface area contributed by atoms with Crippen LogP contribution in [0.15, 0.2) is 59.5 Å². The number of hydrogen-bond acceptors (Lipinski definition) is 4. The molecule has 2 heterocycles. The zero-order valence-electron chi connectivity index (χ0n) is 17.6. The van der Waals surface area contributed by atoms with Crippen LogP contribution in [0, 0.1) is 5.92 Å². The number of ether oxygens (including phenoxy) is 1. The van der Waals surface area contributed by atoms with Crippen LogP contribution >= 0.6 is 11.9 Å². The lowest BCUT2D eigenvalue weighted by molar-refractivity contribution is 0.0713. The van der Waals surface area contributed by atoms with Crippen LogP contribution in [0.1, 0.15) is 30.3 Å². The van der Waals surface area contributed by atoms with E-state index in [-0.39, 0.29) is 5.91 Å². The van der Waals surface area contributed by atoms with Crippen molar-refractivity contribution in [2.24, 2.45) is 5.92 Å². The minimum atomic E-state index is 0.0913. The van der Waals surface area contributed by atoms with E-state index in [1.165, 1.54) is 4.90 Å². The topological polar surface area (TPSA) is 48.6 Å². The number of piperidine rings is 1. The van der Waals surface area contributed by atoms with Crippen LogP contribution in [0.3, 0.4) is 0 Å². The Labute approximate surface area is 182 Å². The molecular formula is C24H29N3O2S. The molecule has 0 radical (unpaired) electrons. The summed E-state index contributed by atoms with van der Waals surface area (Å²) in [5.74, 6) is 1.45. The lowest BCUT2D eigenvalue weighted by atomic mass is 9.99. The van der Waals surface area contributed by atoms with Crippen molar-refractivity contribution in [2.45, 2.75) is 24.7 Å². The Balaban J connectivity index is 1.38. The number of methoxy groups -OCH3 is 1. The predicted octanol–water partition coefficient (Wildman–Crippen LogP) is 5.06.